The van der Waals surface area contributed by atoms with Crippen LogP contribution in [0.4, 0.5) is 4.79 Å². The summed E-state index contributed by atoms with van der Waals surface area (Å²) in [6.45, 7) is -0.0360. The third kappa shape index (κ3) is 8.30. The van der Waals surface area contributed by atoms with Gasteiger partial charge in [-0.15, -0.1) is 0 Å². The number of para-hydroxylation sites is 1. The van der Waals surface area contributed by atoms with Gasteiger partial charge >= 0.3 is 6.09 Å². The van der Waals surface area contributed by atoms with E-state index in [4.69, 9.17) is 30.5 Å². The fourth-order valence-electron chi connectivity index (χ4n) is 8.87. The molecule has 9 rings (SSSR count). The molecule has 4 fully saturated rings. The van der Waals surface area contributed by atoms with E-state index < -0.39 is 68.7 Å². The Morgan fingerprint density at radius 3 is 2.50 bits per heavy atom. The van der Waals surface area contributed by atoms with Gasteiger partial charge in [0.15, 0.2) is 11.3 Å². The maximum Gasteiger partial charge on any atom is 0.408 e. The fraction of sp³-hybridized carbons (Fsp3) is 0.477. The van der Waals surface area contributed by atoms with E-state index in [1.54, 1.807) is 18.2 Å². The molecule has 5 aliphatic rings. The maximum atomic E-state index is 14.8. The second-order valence-electron chi connectivity index (χ2n) is 16.8. The van der Waals surface area contributed by atoms with Gasteiger partial charge in [0, 0.05) is 34.4 Å². The summed E-state index contributed by atoms with van der Waals surface area (Å²) in [5, 5.41) is 6.45. The van der Waals surface area contributed by atoms with E-state index in [1.165, 1.54) is 4.90 Å². The summed E-state index contributed by atoms with van der Waals surface area (Å²) in [7, 11) is -3.91. The van der Waals surface area contributed by atoms with E-state index in [0.717, 1.165) is 49.5 Å². The van der Waals surface area contributed by atoms with Crippen molar-refractivity contribution in [2.75, 3.05) is 6.54 Å². The largest absolute Gasteiger partial charge is 0.484 e. The Hall–Kier alpha value is -5.15. The number of allylic oxidation sites excluding steroid dienone is 1. The topological polar surface area (TPSA) is 186 Å². The zero-order chi connectivity index (χ0) is 41.6. The fourth-order valence-corrected chi connectivity index (χ4v) is 10.4. The molecule has 60 heavy (non-hydrogen) atoms. The number of nitrogens with zero attached hydrogens (tertiary/aromatic N) is 2. The Labute approximate surface area is 352 Å². The molecule has 2 aromatic carbocycles. The van der Waals surface area contributed by atoms with Crippen LogP contribution < -0.4 is 20.1 Å². The number of furan rings is 1. The van der Waals surface area contributed by atoms with Crippen molar-refractivity contribution in [2.24, 2.45) is 5.92 Å². The summed E-state index contributed by atoms with van der Waals surface area (Å²) in [5.41, 5.74) is 1.42. The highest BCUT2D eigenvalue weighted by molar-refractivity contribution is 7.91. The number of aromatic nitrogens is 1. The molecule has 3 N–H and O–H groups in total. The molecule has 3 aliphatic carbocycles. The van der Waals surface area contributed by atoms with Crippen LogP contribution in [-0.2, 0) is 29.1 Å². The van der Waals surface area contributed by atoms with Crippen molar-refractivity contribution in [1.29, 1.82) is 0 Å². The first kappa shape index (κ1) is 40.3. The van der Waals surface area contributed by atoms with Crippen molar-refractivity contribution in [3.8, 4) is 17.0 Å². The summed E-state index contributed by atoms with van der Waals surface area (Å²) < 4.78 is 46.9. The summed E-state index contributed by atoms with van der Waals surface area (Å²) in [4.78, 5) is 62.9. The highest BCUT2D eigenvalue weighted by Crippen LogP contribution is 2.46. The van der Waals surface area contributed by atoms with E-state index in [9.17, 15) is 27.6 Å². The number of fused-ring (bicyclic) bond motifs is 5. The molecule has 5 atom stereocenters. The molecule has 1 saturated heterocycles. The van der Waals surface area contributed by atoms with Crippen LogP contribution in [0, 0.1) is 5.92 Å². The van der Waals surface area contributed by atoms with Gasteiger partial charge in [-0.2, -0.15) is 0 Å². The molecule has 0 spiro atoms. The Balaban J connectivity index is 1.05. The Morgan fingerprint density at radius 1 is 0.950 bits per heavy atom. The number of amides is 4. The van der Waals surface area contributed by atoms with Crippen molar-refractivity contribution in [1.82, 2.24) is 25.2 Å². The zero-order valence-electron chi connectivity index (χ0n) is 33.1. The van der Waals surface area contributed by atoms with Gasteiger partial charge in [-0.05, 0) is 88.5 Å². The van der Waals surface area contributed by atoms with Crippen LogP contribution in [0.3, 0.4) is 0 Å². The number of rotatable bonds is 8. The van der Waals surface area contributed by atoms with Gasteiger partial charge < -0.3 is 29.4 Å². The summed E-state index contributed by atoms with van der Waals surface area (Å²) >= 11 is 6.22. The van der Waals surface area contributed by atoms with Crippen LogP contribution in [0.5, 0.6) is 5.75 Å². The average molecular weight is 858 g/mol. The SMILES string of the molecule is O=C(N[C@H]1CCCCC/C=C\[C@H]2C[C@@]2(C(=O)NS(=O)(=O)C2CC2)NC(=O)[C@@H]2C[C@@H](Oc3cc(-c4ccc(Cl)cc4)nc4c3oc3ccccc34)CN2C1=O)OC1CCCC1. The molecule has 2 aliphatic heterocycles. The number of pyridine rings is 1. The van der Waals surface area contributed by atoms with Crippen LogP contribution >= 0.6 is 11.6 Å². The third-order valence-electron chi connectivity index (χ3n) is 12.4. The van der Waals surface area contributed by atoms with Crippen LogP contribution in [0.25, 0.3) is 33.3 Å². The molecule has 4 amide bonds. The van der Waals surface area contributed by atoms with Gasteiger partial charge in [0.05, 0.1) is 17.5 Å². The second kappa shape index (κ2) is 16.4. The van der Waals surface area contributed by atoms with Gasteiger partial charge in [0.2, 0.25) is 21.8 Å². The Morgan fingerprint density at radius 2 is 1.72 bits per heavy atom. The molecular weight excluding hydrogens is 810 g/mol. The summed E-state index contributed by atoms with van der Waals surface area (Å²) in [5.74, 6) is -1.99. The highest BCUT2D eigenvalue weighted by atomic mass is 35.5. The number of carbonyl (C=O) groups excluding carboxylic acids is 4. The minimum Gasteiger partial charge on any atom is -0.484 e. The van der Waals surface area contributed by atoms with Gasteiger partial charge in [0.25, 0.3) is 5.91 Å². The smallest absolute Gasteiger partial charge is 0.408 e. The van der Waals surface area contributed by atoms with Crippen LogP contribution in [0.15, 0.2) is 71.2 Å². The maximum absolute atomic E-state index is 14.8. The number of hydrogen-bond donors (Lipinski definition) is 3. The van der Waals surface area contributed by atoms with Crippen LogP contribution in [0.2, 0.25) is 5.02 Å². The van der Waals surface area contributed by atoms with E-state index in [0.29, 0.717) is 65.3 Å². The molecule has 4 aromatic rings. The van der Waals surface area contributed by atoms with Crippen molar-refractivity contribution >= 4 is 67.5 Å². The summed E-state index contributed by atoms with van der Waals surface area (Å²) in [6, 6.07) is 14.4. The molecule has 0 radical (unpaired) electrons. The van der Waals surface area contributed by atoms with E-state index in [2.05, 4.69) is 15.4 Å². The molecule has 16 heteroatoms. The standard InChI is InChI=1S/C44H48ClN5O9S/c45-28-18-16-26(17-19-28)34-23-37(39-38(46-34)32-13-8-9-15-36(32)59-39)57-30-22-35-40(51)48-44(42(53)49-60(55,56)31-20-21-31)24-27(44)10-4-2-1-3-5-14-33(41(52)50(35)25-30)47-43(54)58-29-11-6-7-12-29/h4,8-10,13,15-19,23,27,29-31,33,35H,1-3,5-7,11-12,14,20-22,24-25H2,(H,47,54)(H,48,51)(H,49,53)/b10-4-/t27-,30+,33-,35-,44+/m0/s1. The van der Waals surface area contributed by atoms with Crippen molar-refractivity contribution in [3.05, 3.63) is 71.8 Å². The lowest BCUT2D eigenvalue weighted by molar-refractivity contribution is -0.141. The number of benzene rings is 2. The molecule has 0 bridgehead atoms. The van der Waals surface area contributed by atoms with Crippen LogP contribution in [-0.4, -0.2) is 83.7 Å². The number of halogens is 1. The molecule has 0 unspecified atom stereocenters. The number of alkyl carbamates (subject to hydrolysis) is 1. The van der Waals surface area contributed by atoms with Crippen LogP contribution in [0.1, 0.15) is 83.5 Å². The molecule has 3 saturated carbocycles. The predicted molar refractivity (Wildman–Crippen MR) is 223 cm³/mol. The van der Waals surface area contributed by atoms with Crippen molar-refractivity contribution < 1.29 is 41.5 Å². The van der Waals surface area contributed by atoms with E-state index in [-0.39, 0.29) is 25.5 Å². The minimum atomic E-state index is -3.91. The molecule has 4 heterocycles. The Kier molecular flexibility index (Phi) is 11.0. The number of carbonyl (C=O) groups is 4. The average Bonchev–Trinajstić information content (AvgIpc) is 4.04. The minimum absolute atomic E-state index is 0.0235. The molecule has 2 aromatic heterocycles. The first-order valence-corrected chi connectivity index (χ1v) is 23.0. The lowest BCUT2D eigenvalue weighted by Crippen LogP contribution is -2.58. The van der Waals surface area contributed by atoms with Crippen molar-refractivity contribution in [2.45, 2.75) is 119 Å². The monoisotopic (exact) mass is 857 g/mol. The second-order valence-corrected chi connectivity index (χ2v) is 19.2. The Bertz CT molecular complexity index is 2460. The molecular formula is C44H48ClN5O9S. The lowest BCUT2D eigenvalue weighted by atomic mass is 10.0. The van der Waals surface area contributed by atoms with E-state index >= 15 is 0 Å². The normalized spacial score (nSPS) is 27.0. The number of hydrogen-bond acceptors (Lipinski definition) is 10. The number of sulfonamides is 1. The first-order valence-electron chi connectivity index (χ1n) is 21.0. The quantitative estimate of drug-likeness (QED) is 0.161. The molecule has 316 valence electrons. The lowest BCUT2D eigenvalue weighted by Gasteiger charge is -2.30. The number of nitrogens with one attached hydrogen (secondary N) is 3. The highest BCUT2D eigenvalue weighted by Gasteiger charge is 2.62. The van der Waals surface area contributed by atoms with Gasteiger partial charge in [-0.3, -0.25) is 19.1 Å². The van der Waals surface area contributed by atoms with E-state index in [1.807, 2.05) is 48.6 Å². The van der Waals surface area contributed by atoms with Gasteiger partial charge in [-0.1, -0.05) is 60.9 Å². The van der Waals surface area contributed by atoms with Gasteiger partial charge in [-0.25, -0.2) is 18.2 Å². The molecule has 14 nitrogen and oxygen atoms in total. The number of ether oxygens (including phenoxy) is 2. The predicted octanol–water partition coefficient (Wildman–Crippen LogP) is 6.69. The van der Waals surface area contributed by atoms with Crippen molar-refractivity contribution in [3.63, 3.8) is 0 Å². The zero-order valence-corrected chi connectivity index (χ0v) is 34.6. The third-order valence-corrected chi connectivity index (χ3v) is 14.5. The summed E-state index contributed by atoms with van der Waals surface area (Å²) in [6.07, 6.45) is 9.99. The first-order chi connectivity index (χ1) is 29.0. The van der Waals surface area contributed by atoms with Gasteiger partial charge in [0.1, 0.15) is 40.9 Å².